The van der Waals surface area contributed by atoms with E-state index >= 15 is 0 Å². The van der Waals surface area contributed by atoms with Gasteiger partial charge in [-0.1, -0.05) is 6.07 Å². The molecule has 0 radical (unpaired) electrons. The molecular weight excluding hydrogens is 278 g/mol. The van der Waals surface area contributed by atoms with Gasteiger partial charge in [0.15, 0.2) is 0 Å². The van der Waals surface area contributed by atoms with Gasteiger partial charge in [0.2, 0.25) is 0 Å². The number of benzene rings is 1. The Balaban J connectivity index is 1.67. The molecule has 1 heterocycles. The van der Waals surface area contributed by atoms with Crippen molar-refractivity contribution in [3.05, 3.63) is 30.5 Å². The number of hydrogen-bond donors (Lipinski definition) is 2. The van der Waals surface area contributed by atoms with E-state index in [1.54, 1.807) is 11.9 Å². The van der Waals surface area contributed by atoms with Crippen molar-refractivity contribution in [2.75, 3.05) is 18.9 Å². The van der Waals surface area contributed by atoms with Gasteiger partial charge in [0.1, 0.15) is 0 Å². The molecule has 1 aliphatic carbocycles. The summed E-state index contributed by atoms with van der Waals surface area (Å²) in [5.41, 5.74) is 1.89. The van der Waals surface area contributed by atoms with Crippen LogP contribution in [-0.2, 0) is 6.54 Å². The standard InChI is InChI=1S/C17H23N3O2/c1-3-20-9-8-12-6-7-14(10-15(12)20)18-17(22)19(2)11-16(21)13-4-5-13/h6-10,13,16,21H,3-5,11H2,1-2H3,(H,18,22). The first-order valence-electron chi connectivity index (χ1n) is 7.87. The number of aryl methyl sites for hydroxylation is 1. The van der Waals surface area contributed by atoms with Crippen LogP contribution in [0.2, 0.25) is 0 Å². The molecule has 1 atom stereocenters. The number of aromatic nitrogens is 1. The molecule has 118 valence electrons. The first-order valence-corrected chi connectivity index (χ1v) is 7.87. The molecule has 0 saturated heterocycles. The molecule has 0 aliphatic heterocycles. The zero-order valence-corrected chi connectivity index (χ0v) is 13.1. The Kier molecular flexibility index (Phi) is 4.07. The van der Waals surface area contributed by atoms with E-state index in [-0.39, 0.29) is 6.03 Å². The van der Waals surface area contributed by atoms with Crippen molar-refractivity contribution in [1.82, 2.24) is 9.47 Å². The molecule has 1 fully saturated rings. The maximum atomic E-state index is 12.2. The lowest BCUT2D eigenvalue weighted by Crippen LogP contribution is -2.38. The van der Waals surface area contributed by atoms with Crippen LogP contribution >= 0.6 is 0 Å². The Morgan fingerprint density at radius 1 is 1.45 bits per heavy atom. The fourth-order valence-electron chi connectivity index (χ4n) is 2.75. The van der Waals surface area contributed by atoms with Gasteiger partial charge in [-0.3, -0.25) is 0 Å². The minimum Gasteiger partial charge on any atom is -0.391 e. The number of likely N-dealkylation sites (N-methyl/N-ethyl adjacent to an activating group) is 1. The summed E-state index contributed by atoms with van der Waals surface area (Å²) in [5.74, 6) is 0.374. The van der Waals surface area contributed by atoms with Crippen molar-refractivity contribution in [2.45, 2.75) is 32.4 Å². The highest BCUT2D eigenvalue weighted by Crippen LogP contribution is 2.32. The van der Waals surface area contributed by atoms with Gasteiger partial charge in [0.05, 0.1) is 11.6 Å². The van der Waals surface area contributed by atoms with Crippen LogP contribution in [0, 0.1) is 5.92 Å². The van der Waals surface area contributed by atoms with Gasteiger partial charge in [-0.05, 0) is 49.3 Å². The lowest BCUT2D eigenvalue weighted by atomic mass is 10.2. The summed E-state index contributed by atoms with van der Waals surface area (Å²) in [6.45, 7) is 3.37. The zero-order chi connectivity index (χ0) is 15.7. The Morgan fingerprint density at radius 3 is 2.91 bits per heavy atom. The maximum Gasteiger partial charge on any atom is 0.321 e. The number of rotatable bonds is 5. The van der Waals surface area contributed by atoms with E-state index < -0.39 is 6.10 Å². The predicted molar refractivity (Wildman–Crippen MR) is 88.0 cm³/mol. The van der Waals surface area contributed by atoms with E-state index in [0.29, 0.717) is 12.5 Å². The number of aliphatic hydroxyl groups is 1. The summed E-state index contributed by atoms with van der Waals surface area (Å²) in [6, 6.07) is 7.79. The van der Waals surface area contributed by atoms with Crippen LogP contribution in [-0.4, -0.2) is 40.3 Å². The van der Waals surface area contributed by atoms with Crippen molar-refractivity contribution < 1.29 is 9.90 Å². The van der Waals surface area contributed by atoms with Crippen LogP contribution in [0.4, 0.5) is 10.5 Å². The summed E-state index contributed by atoms with van der Waals surface area (Å²) in [7, 11) is 1.72. The molecule has 22 heavy (non-hydrogen) atoms. The van der Waals surface area contributed by atoms with E-state index in [0.717, 1.165) is 36.0 Å². The predicted octanol–water partition coefficient (Wildman–Crippen LogP) is 2.90. The fourth-order valence-corrected chi connectivity index (χ4v) is 2.75. The monoisotopic (exact) mass is 301 g/mol. The molecule has 2 amide bonds. The highest BCUT2D eigenvalue weighted by atomic mass is 16.3. The molecule has 2 N–H and O–H groups in total. The lowest BCUT2D eigenvalue weighted by molar-refractivity contribution is 0.117. The van der Waals surface area contributed by atoms with E-state index in [2.05, 4.69) is 22.9 Å². The van der Waals surface area contributed by atoms with E-state index in [9.17, 15) is 9.90 Å². The SMILES string of the molecule is CCn1ccc2ccc(NC(=O)N(C)CC(O)C3CC3)cc21. The third-order valence-electron chi connectivity index (χ3n) is 4.34. The smallest absolute Gasteiger partial charge is 0.321 e. The summed E-state index contributed by atoms with van der Waals surface area (Å²) in [4.78, 5) is 13.8. The highest BCUT2D eigenvalue weighted by molar-refractivity contribution is 5.92. The van der Waals surface area contributed by atoms with Crippen LogP contribution in [0.15, 0.2) is 30.5 Å². The van der Waals surface area contributed by atoms with Crippen LogP contribution in [0.5, 0.6) is 0 Å². The number of carbonyl (C=O) groups is 1. The molecule has 0 spiro atoms. The zero-order valence-electron chi connectivity index (χ0n) is 13.1. The average Bonchev–Trinajstić information content (AvgIpc) is 3.28. The first kappa shape index (κ1) is 14.9. The third kappa shape index (κ3) is 3.09. The number of fused-ring (bicyclic) bond motifs is 1. The summed E-state index contributed by atoms with van der Waals surface area (Å²) in [6.07, 6.45) is 3.78. The minimum absolute atomic E-state index is 0.186. The summed E-state index contributed by atoms with van der Waals surface area (Å²) < 4.78 is 2.14. The molecular formula is C17H23N3O2. The van der Waals surface area contributed by atoms with Crippen LogP contribution in [0.25, 0.3) is 10.9 Å². The second kappa shape index (κ2) is 6.01. The Labute approximate surface area is 130 Å². The second-order valence-corrected chi connectivity index (χ2v) is 6.09. The number of nitrogens with zero attached hydrogens (tertiary/aromatic N) is 2. The van der Waals surface area contributed by atoms with Crippen molar-refractivity contribution in [3.8, 4) is 0 Å². The van der Waals surface area contributed by atoms with Crippen LogP contribution < -0.4 is 5.32 Å². The van der Waals surface area contributed by atoms with Crippen LogP contribution in [0.3, 0.4) is 0 Å². The molecule has 1 unspecified atom stereocenters. The van der Waals surface area contributed by atoms with Gasteiger partial charge in [-0.15, -0.1) is 0 Å². The molecule has 1 aromatic heterocycles. The van der Waals surface area contributed by atoms with E-state index in [1.165, 1.54) is 0 Å². The topological polar surface area (TPSA) is 57.5 Å². The molecule has 3 rings (SSSR count). The highest BCUT2D eigenvalue weighted by Gasteiger charge is 2.31. The van der Waals surface area contributed by atoms with Gasteiger partial charge in [0.25, 0.3) is 0 Å². The first-order chi connectivity index (χ1) is 10.6. The molecule has 5 nitrogen and oxygen atoms in total. The van der Waals surface area contributed by atoms with Gasteiger partial charge in [-0.25, -0.2) is 4.79 Å². The van der Waals surface area contributed by atoms with E-state index in [4.69, 9.17) is 0 Å². The van der Waals surface area contributed by atoms with Crippen molar-refractivity contribution in [1.29, 1.82) is 0 Å². The molecule has 5 heteroatoms. The lowest BCUT2D eigenvalue weighted by Gasteiger charge is -2.21. The fraction of sp³-hybridized carbons (Fsp3) is 0.471. The number of urea groups is 1. The third-order valence-corrected chi connectivity index (χ3v) is 4.34. The maximum absolute atomic E-state index is 12.2. The number of anilines is 1. The van der Waals surface area contributed by atoms with Crippen LogP contribution in [0.1, 0.15) is 19.8 Å². The van der Waals surface area contributed by atoms with Gasteiger partial charge in [-0.2, -0.15) is 0 Å². The van der Waals surface area contributed by atoms with Crippen molar-refractivity contribution >= 4 is 22.6 Å². The average molecular weight is 301 g/mol. The summed E-state index contributed by atoms with van der Waals surface area (Å²) in [5, 5.41) is 14.0. The normalized spacial score (nSPS) is 15.8. The molecule has 2 aromatic rings. The van der Waals surface area contributed by atoms with Crippen molar-refractivity contribution in [3.63, 3.8) is 0 Å². The quantitative estimate of drug-likeness (QED) is 0.892. The number of nitrogens with one attached hydrogen (secondary N) is 1. The minimum atomic E-state index is -0.407. The Hall–Kier alpha value is -2.01. The molecule has 1 aromatic carbocycles. The Morgan fingerprint density at radius 2 is 2.23 bits per heavy atom. The molecule has 1 saturated carbocycles. The van der Waals surface area contributed by atoms with Gasteiger partial charge in [0, 0.05) is 32.0 Å². The number of aliphatic hydroxyl groups excluding tert-OH is 1. The number of hydrogen-bond acceptors (Lipinski definition) is 2. The number of carbonyl (C=O) groups excluding carboxylic acids is 1. The Bertz CT molecular complexity index is 676. The van der Waals surface area contributed by atoms with Gasteiger partial charge >= 0.3 is 6.03 Å². The van der Waals surface area contributed by atoms with Gasteiger partial charge < -0.3 is 19.9 Å². The van der Waals surface area contributed by atoms with E-state index in [1.807, 2.05) is 24.4 Å². The summed E-state index contributed by atoms with van der Waals surface area (Å²) >= 11 is 0. The largest absolute Gasteiger partial charge is 0.391 e. The second-order valence-electron chi connectivity index (χ2n) is 6.09. The molecule has 0 bridgehead atoms. The molecule has 1 aliphatic rings. The van der Waals surface area contributed by atoms with Crippen molar-refractivity contribution in [2.24, 2.45) is 5.92 Å². The number of amides is 2.